The number of rotatable bonds is 4. The van der Waals surface area contributed by atoms with Crippen LogP contribution in [0.1, 0.15) is 12.5 Å². The van der Waals surface area contributed by atoms with Crippen molar-refractivity contribution in [2.45, 2.75) is 24.3 Å². The summed E-state index contributed by atoms with van der Waals surface area (Å²) < 4.78 is 1.94. The van der Waals surface area contributed by atoms with Gasteiger partial charge in [-0.2, -0.15) is 0 Å². The summed E-state index contributed by atoms with van der Waals surface area (Å²) in [7, 11) is 5.45. The number of carbonyl (C=O) groups excluding carboxylic acids is 1. The van der Waals surface area contributed by atoms with Crippen molar-refractivity contribution in [3.05, 3.63) is 29.8 Å². The van der Waals surface area contributed by atoms with E-state index < -0.39 is 0 Å². The lowest BCUT2D eigenvalue weighted by Gasteiger charge is -2.15. The normalized spacial score (nSPS) is 12.2. The van der Waals surface area contributed by atoms with E-state index in [2.05, 4.69) is 23.2 Å². The molecule has 1 aromatic carbocycles. The number of thioether (sulfide) groups is 1. The van der Waals surface area contributed by atoms with Crippen LogP contribution in [-0.4, -0.2) is 44.9 Å². The largest absolute Gasteiger partial charge is 0.348 e. The fourth-order valence-corrected chi connectivity index (χ4v) is 3.01. The Labute approximate surface area is 129 Å². The molecule has 0 aliphatic rings. The Hall–Kier alpha value is -1.82. The molecule has 1 amide bonds. The van der Waals surface area contributed by atoms with Gasteiger partial charge in [-0.1, -0.05) is 36.0 Å². The van der Waals surface area contributed by atoms with E-state index in [4.69, 9.17) is 0 Å². The van der Waals surface area contributed by atoms with Gasteiger partial charge in [-0.15, -0.1) is 10.2 Å². The SMILES string of the molecule is Cc1ccccc1-c1nnc(S[C@@H](C)C(=O)N(C)C)n1C. The fraction of sp³-hybridized carbons (Fsp3) is 0.400. The standard InChI is InChI=1S/C15H20N4OS/c1-10-8-6-7-9-12(10)13-16-17-15(19(13)5)21-11(2)14(20)18(3)4/h6-9,11H,1-5H3/t11-/m0/s1. The third-order valence-electron chi connectivity index (χ3n) is 3.29. The number of hydrogen-bond donors (Lipinski definition) is 0. The zero-order valence-corrected chi connectivity index (χ0v) is 13.8. The quantitative estimate of drug-likeness (QED) is 0.814. The van der Waals surface area contributed by atoms with Crippen LogP contribution in [0.3, 0.4) is 0 Å². The predicted molar refractivity (Wildman–Crippen MR) is 85.2 cm³/mol. The molecule has 0 bridgehead atoms. The van der Waals surface area contributed by atoms with Gasteiger partial charge in [0.2, 0.25) is 5.91 Å². The first-order valence-corrected chi connectivity index (χ1v) is 7.63. The molecular weight excluding hydrogens is 284 g/mol. The molecule has 1 atom stereocenters. The molecule has 0 radical (unpaired) electrons. The van der Waals surface area contributed by atoms with E-state index in [1.807, 2.05) is 36.7 Å². The van der Waals surface area contributed by atoms with Crippen LogP contribution < -0.4 is 0 Å². The topological polar surface area (TPSA) is 51.0 Å². The fourth-order valence-electron chi connectivity index (χ4n) is 2.05. The number of benzene rings is 1. The van der Waals surface area contributed by atoms with Crippen LogP contribution in [0.2, 0.25) is 0 Å². The van der Waals surface area contributed by atoms with Crippen molar-refractivity contribution in [3.63, 3.8) is 0 Å². The maximum absolute atomic E-state index is 11.9. The minimum atomic E-state index is -0.187. The van der Waals surface area contributed by atoms with Crippen LogP contribution in [0.15, 0.2) is 29.4 Å². The molecule has 0 aliphatic heterocycles. The molecule has 2 rings (SSSR count). The number of hydrogen-bond acceptors (Lipinski definition) is 4. The van der Waals surface area contributed by atoms with Crippen molar-refractivity contribution in [3.8, 4) is 11.4 Å². The second kappa shape index (κ2) is 6.30. The van der Waals surface area contributed by atoms with Gasteiger partial charge in [-0.25, -0.2) is 0 Å². The maximum atomic E-state index is 11.9. The Bertz CT molecular complexity index is 651. The molecular formula is C15H20N4OS. The number of carbonyl (C=O) groups is 1. The van der Waals surface area contributed by atoms with Gasteiger partial charge in [0.25, 0.3) is 0 Å². The summed E-state index contributed by atoms with van der Waals surface area (Å²) in [6.07, 6.45) is 0. The lowest BCUT2D eigenvalue weighted by atomic mass is 10.1. The summed E-state index contributed by atoms with van der Waals surface area (Å²) in [4.78, 5) is 13.5. The van der Waals surface area contributed by atoms with Crippen LogP contribution in [0.5, 0.6) is 0 Å². The van der Waals surface area contributed by atoms with Crippen LogP contribution in [-0.2, 0) is 11.8 Å². The second-order valence-corrected chi connectivity index (χ2v) is 6.48. The molecule has 0 aliphatic carbocycles. The van der Waals surface area contributed by atoms with E-state index in [0.29, 0.717) is 0 Å². The highest BCUT2D eigenvalue weighted by Crippen LogP contribution is 2.27. The first kappa shape index (κ1) is 15.6. The van der Waals surface area contributed by atoms with Crippen LogP contribution in [0.4, 0.5) is 0 Å². The summed E-state index contributed by atoms with van der Waals surface area (Å²) in [5.74, 6) is 0.889. The van der Waals surface area contributed by atoms with Crippen molar-refractivity contribution >= 4 is 17.7 Å². The van der Waals surface area contributed by atoms with Crippen molar-refractivity contribution in [1.82, 2.24) is 19.7 Å². The number of amides is 1. The Morgan fingerprint density at radius 3 is 2.57 bits per heavy atom. The summed E-state index contributed by atoms with van der Waals surface area (Å²) in [6, 6.07) is 8.07. The van der Waals surface area contributed by atoms with Crippen LogP contribution in [0, 0.1) is 6.92 Å². The molecule has 0 fully saturated rings. The summed E-state index contributed by atoms with van der Waals surface area (Å²) in [6.45, 7) is 3.93. The number of aryl methyl sites for hydroxylation is 1. The number of aromatic nitrogens is 3. The van der Waals surface area contributed by atoms with E-state index in [1.54, 1.807) is 19.0 Å². The average molecular weight is 304 g/mol. The Kier molecular flexibility index (Phi) is 4.67. The first-order valence-electron chi connectivity index (χ1n) is 6.75. The highest BCUT2D eigenvalue weighted by molar-refractivity contribution is 8.00. The molecule has 0 unspecified atom stereocenters. The van der Waals surface area contributed by atoms with Gasteiger partial charge in [0.1, 0.15) is 0 Å². The maximum Gasteiger partial charge on any atom is 0.235 e. The third-order valence-corrected chi connectivity index (χ3v) is 4.41. The lowest BCUT2D eigenvalue weighted by Crippen LogP contribution is -2.29. The minimum Gasteiger partial charge on any atom is -0.348 e. The van der Waals surface area contributed by atoms with Gasteiger partial charge in [-0.3, -0.25) is 4.79 Å². The third kappa shape index (κ3) is 3.26. The van der Waals surface area contributed by atoms with E-state index in [9.17, 15) is 4.79 Å². The van der Waals surface area contributed by atoms with Gasteiger partial charge >= 0.3 is 0 Å². The predicted octanol–water partition coefficient (Wildman–Crippen LogP) is 2.36. The van der Waals surface area contributed by atoms with Crippen molar-refractivity contribution in [2.75, 3.05) is 14.1 Å². The van der Waals surface area contributed by atoms with E-state index in [1.165, 1.54) is 11.8 Å². The lowest BCUT2D eigenvalue weighted by molar-refractivity contribution is -0.127. The zero-order valence-electron chi connectivity index (χ0n) is 13.0. The molecule has 0 saturated heterocycles. The van der Waals surface area contributed by atoms with E-state index in [0.717, 1.165) is 22.1 Å². The van der Waals surface area contributed by atoms with E-state index >= 15 is 0 Å². The van der Waals surface area contributed by atoms with Gasteiger partial charge in [-0.05, 0) is 19.4 Å². The van der Waals surface area contributed by atoms with Gasteiger partial charge in [0.05, 0.1) is 5.25 Å². The monoisotopic (exact) mass is 304 g/mol. The highest BCUT2D eigenvalue weighted by Gasteiger charge is 2.20. The molecule has 5 nitrogen and oxygen atoms in total. The highest BCUT2D eigenvalue weighted by atomic mass is 32.2. The summed E-state index contributed by atoms with van der Waals surface area (Å²) in [5, 5.41) is 9.05. The Balaban J connectivity index is 2.26. The second-order valence-electron chi connectivity index (χ2n) is 5.17. The van der Waals surface area contributed by atoms with Gasteiger partial charge in [0, 0.05) is 26.7 Å². The van der Waals surface area contributed by atoms with Gasteiger partial charge < -0.3 is 9.47 Å². The average Bonchev–Trinajstić information content (AvgIpc) is 2.80. The molecule has 1 aromatic heterocycles. The van der Waals surface area contributed by atoms with Crippen LogP contribution >= 0.6 is 11.8 Å². The molecule has 112 valence electrons. The molecule has 0 saturated carbocycles. The molecule has 2 aromatic rings. The van der Waals surface area contributed by atoms with Crippen molar-refractivity contribution in [1.29, 1.82) is 0 Å². The summed E-state index contributed by atoms with van der Waals surface area (Å²) in [5.41, 5.74) is 2.22. The van der Waals surface area contributed by atoms with Gasteiger partial charge in [0.15, 0.2) is 11.0 Å². The molecule has 6 heteroatoms. The minimum absolute atomic E-state index is 0.0699. The Morgan fingerprint density at radius 1 is 1.29 bits per heavy atom. The van der Waals surface area contributed by atoms with E-state index in [-0.39, 0.29) is 11.2 Å². The number of nitrogens with zero attached hydrogens (tertiary/aromatic N) is 4. The molecule has 0 N–H and O–H groups in total. The molecule has 1 heterocycles. The van der Waals surface area contributed by atoms with Crippen molar-refractivity contribution < 1.29 is 4.79 Å². The first-order chi connectivity index (χ1) is 9.91. The summed E-state index contributed by atoms with van der Waals surface area (Å²) >= 11 is 1.43. The molecule has 21 heavy (non-hydrogen) atoms. The van der Waals surface area contributed by atoms with Crippen molar-refractivity contribution in [2.24, 2.45) is 7.05 Å². The zero-order chi connectivity index (χ0) is 15.6. The Morgan fingerprint density at radius 2 is 1.95 bits per heavy atom. The smallest absolute Gasteiger partial charge is 0.235 e. The van der Waals surface area contributed by atoms with Crippen LogP contribution in [0.25, 0.3) is 11.4 Å². The molecule has 0 spiro atoms.